The second kappa shape index (κ2) is 3.28. The van der Waals surface area contributed by atoms with E-state index < -0.39 is 0 Å². The third-order valence-corrected chi connectivity index (χ3v) is 1.54. The molecule has 0 fully saturated rings. The van der Waals surface area contributed by atoms with Gasteiger partial charge in [0.05, 0.1) is 6.20 Å². The summed E-state index contributed by atoms with van der Waals surface area (Å²) in [5.41, 5.74) is 1.70. The molecular formula is C9H10FN. The Hall–Kier alpha value is -1.18. The highest BCUT2D eigenvalue weighted by atomic mass is 19.1. The Morgan fingerprint density at radius 3 is 2.91 bits per heavy atom. The van der Waals surface area contributed by atoms with E-state index in [2.05, 4.69) is 11.6 Å². The molecule has 2 heteroatoms. The highest BCUT2D eigenvalue weighted by Gasteiger charge is 1.97. The van der Waals surface area contributed by atoms with Gasteiger partial charge in [-0.2, -0.15) is 0 Å². The van der Waals surface area contributed by atoms with Crippen molar-refractivity contribution in [3.63, 3.8) is 0 Å². The van der Waals surface area contributed by atoms with Gasteiger partial charge in [-0.05, 0) is 23.6 Å². The van der Waals surface area contributed by atoms with Crippen LogP contribution >= 0.6 is 0 Å². The Labute approximate surface area is 65.6 Å². The van der Waals surface area contributed by atoms with Crippen molar-refractivity contribution < 1.29 is 4.39 Å². The van der Waals surface area contributed by atoms with Crippen molar-refractivity contribution in [2.75, 3.05) is 0 Å². The Morgan fingerprint density at radius 1 is 1.64 bits per heavy atom. The molecule has 0 saturated heterocycles. The van der Waals surface area contributed by atoms with Gasteiger partial charge in [-0.15, -0.1) is 0 Å². The van der Waals surface area contributed by atoms with Gasteiger partial charge in [-0.3, -0.25) is 4.98 Å². The molecule has 1 heterocycles. The predicted molar refractivity (Wildman–Crippen MR) is 43.5 cm³/mol. The van der Waals surface area contributed by atoms with E-state index in [0.717, 1.165) is 17.6 Å². The molecule has 0 aliphatic carbocycles. The summed E-state index contributed by atoms with van der Waals surface area (Å²) in [7, 11) is 0. The summed E-state index contributed by atoms with van der Waals surface area (Å²) in [6.07, 6.45) is 3.63. The summed E-state index contributed by atoms with van der Waals surface area (Å²) in [6, 6.07) is 1.44. The van der Waals surface area contributed by atoms with Crippen LogP contribution in [0.1, 0.15) is 18.9 Å². The smallest absolute Gasteiger partial charge is 0.142 e. The molecule has 0 saturated carbocycles. The average molecular weight is 151 g/mol. The van der Waals surface area contributed by atoms with Crippen molar-refractivity contribution in [1.29, 1.82) is 0 Å². The van der Waals surface area contributed by atoms with Gasteiger partial charge in [0.1, 0.15) is 5.82 Å². The van der Waals surface area contributed by atoms with E-state index in [4.69, 9.17) is 0 Å². The fourth-order valence-electron chi connectivity index (χ4n) is 0.809. The van der Waals surface area contributed by atoms with E-state index >= 15 is 0 Å². The molecule has 1 aromatic heterocycles. The van der Waals surface area contributed by atoms with Gasteiger partial charge >= 0.3 is 0 Å². The number of halogens is 1. The lowest BCUT2D eigenvalue weighted by Gasteiger charge is -2.00. The summed E-state index contributed by atoms with van der Waals surface area (Å²) >= 11 is 0. The van der Waals surface area contributed by atoms with Gasteiger partial charge in [0.2, 0.25) is 0 Å². The molecule has 0 amide bonds. The van der Waals surface area contributed by atoms with E-state index in [9.17, 15) is 4.39 Å². The molecule has 11 heavy (non-hydrogen) atoms. The van der Waals surface area contributed by atoms with Gasteiger partial charge in [-0.25, -0.2) is 4.39 Å². The standard InChI is InChI=1S/C9H10FN/c1-3-7(2)8-4-9(10)6-11-5-8/h4-6H,2-3H2,1H3. The molecule has 58 valence electrons. The lowest BCUT2D eigenvalue weighted by atomic mass is 10.1. The number of nitrogens with zero attached hydrogens (tertiary/aromatic N) is 1. The van der Waals surface area contributed by atoms with Gasteiger partial charge in [-0.1, -0.05) is 13.5 Å². The van der Waals surface area contributed by atoms with Crippen molar-refractivity contribution in [1.82, 2.24) is 4.98 Å². The van der Waals surface area contributed by atoms with Crippen LogP contribution in [0.15, 0.2) is 25.0 Å². The van der Waals surface area contributed by atoms with Crippen LogP contribution < -0.4 is 0 Å². The molecule has 1 aromatic rings. The van der Waals surface area contributed by atoms with Crippen LogP contribution in [0, 0.1) is 5.82 Å². The van der Waals surface area contributed by atoms with Gasteiger partial charge in [0, 0.05) is 6.20 Å². The van der Waals surface area contributed by atoms with Gasteiger partial charge in [0.25, 0.3) is 0 Å². The molecule has 0 aliphatic rings. The predicted octanol–water partition coefficient (Wildman–Crippen LogP) is 2.64. The number of rotatable bonds is 2. The first-order valence-electron chi connectivity index (χ1n) is 3.52. The normalized spacial score (nSPS) is 9.64. The Kier molecular flexibility index (Phi) is 2.36. The molecule has 0 radical (unpaired) electrons. The highest BCUT2D eigenvalue weighted by Crippen LogP contribution is 2.14. The Bertz CT molecular complexity index is 268. The fourth-order valence-corrected chi connectivity index (χ4v) is 0.809. The van der Waals surface area contributed by atoms with E-state index in [-0.39, 0.29) is 5.82 Å². The minimum atomic E-state index is -0.308. The summed E-state index contributed by atoms with van der Waals surface area (Å²) in [5, 5.41) is 0. The lowest BCUT2D eigenvalue weighted by Crippen LogP contribution is -1.85. The zero-order chi connectivity index (χ0) is 8.27. The second-order valence-electron chi connectivity index (χ2n) is 2.35. The number of allylic oxidation sites excluding steroid dienone is 1. The number of pyridine rings is 1. The number of hydrogen-bond acceptors (Lipinski definition) is 1. The van der Waals surface area contributed by atoms with Crippen LogP contribution in [-0.4, -0.2) is 4.98 Å². The first kappa shape index (κ1) is 7.92. The van der Waals surface area contributed by atoms with Crippen molar-refractivity contribution in [2.24, 2.45) is 0 Å². The summed E-state index contributed by atoms with van der Waals surface area (Å²) in [6.45, 7) is 5.76. The molecule has 1 rings (SSSR count). The molecule has 0 spiro atoms. The maximum absolute atomic E-state index is 12.6. The molecular weight excluding hydrogens is 141 g/mol. The Morgan fingerprint density at radius 2 is 2.36 bits per heavy atom. The van der Waals surface area contributed by atoms with E-state index in [1.54, 1.807) is 6.20 Å². The molecule has 0 bridgehead atoms. The number of hydrogen-bond donors (Lipinski definition) is 0. The number of aromatic nitrogens is 1. The minimum Gasteiger partial charge on any atom is -0.261 e. The zero-order valence-electron chi connectivity index (χ0n) is 6.47. The second-order valence-corrected chi connectivity index (χ2v) is 2.35. The van der Waals surface area contributed by atoms with Crippen LogP contribution in [-0.2, 0) is 0 Å². The van der Waals surface area contributed by atoms with Crippen LogP contribution in [0.2, 0.25) is 0 Å². The molecule has 0 unspecified atom stereocenters. The Balaban J connectivity index is 2.96. The van der Waals surface area contributed by atoms with Gasteiger partial charge < -0.3 is 0 Å². The van der Waals surface area contributed by atoms with Crippen LogP contribution in [0.4, 0.5) is 4.39 Å². The first-order chi connectivity index (χ1) is 5.24. The monoisotopic (exact) mass is 151 g/mol. The first-order valence-corrected chi connectivity index (χ1v) is 3.52. The zero-order valence-corrected chi connectivity index (χ0v) is 6.47. The third kappa shape index (κ3) is 1.87. The van der Waals surface area contributed by atoms with E-state index in [0.29, 0.717) is 0 Å². The van der Waals surface area contributed by atoms with Crippen LogP contribution in [0.5, 0.6) is 0 Å². The minimum absolute atomic E-state index is 0.308. The largest absolute Gasteiger partial charge is 0.261 e. The molecule has 0 atom stereocenters. The maximum atomic E-state index is 12.6. The summed E-state index contributed by atoms with van der Waals surface area (Å²) in [4.78, 5) is 3.72. The quantitative estimate of drug-likeness (QED) is 0.633. The van der Waals surface area contributed by atoms with E-state index in [1.165, 1.54) is 12.3 Å². The molecule has 1 nitrogen and oxygen atoms in total. The fraction of sp³-hybridized carbons (Fsp3) is 0.222. The highest BCUT2D eigenvalue weighted by molar-refractivity contribution is 5.61. The topological polar surface area (TPSA) is 12.9 Å². The molecule has 0 N–H and O–H groups in total. The third-order valence-electron chi connectivity index (χ3n) is 1.54. The van der Waals surface area contributed by atoms with E-state index in [1.807, 2.05) is 6.92 Å². The van der Waals surface area contributed by atoms with Crippen molar-refractivity contribution in [3.8, 4) is 0 Å². The van der Waals surface area contributed by atoms with Crippen molar-refractivity contribution in [3.05, 3.63) is 36.4 Å². The summed E-state index contributed by atoms with van der Waals surface area (Å²) in [5.74, 6) is -0.308. The molecule has 0 aromatic carbocycles. The van der Waals surface area contributed by atoms with Crippen molar-refractivity contribution >= 4 is 5.57 Å². The lowest BCUT2D eigenvalue weighted by molar-refractivity contribution is 0.620. The van der Waals surface area contributed by atoms with Crippen LogP contribution in [0.3, 0.4) is 0 Å². The van der Waals surface area contributed by atoms with Gasteiger partial charge in [0.15, 0.2) is 0 Å². The maximum Gasteiger partial charge on any atom is 0.142 e. The van der Waals surface area contributed by atoms with Crippen LogP contribution in [0.25, 0.3) is 5.57 Å². The average Bonchev–Trinajstić information content (AvgIpc) is 2.03. The van der Waals surface area contributed by atoms with Crippen molar-refractivity contribution in [2.45, 2.75) is 13.3 Å². The molecule has 0 aliphatic heterocycles. The summed E-state index contributed by atoms with van der Waals surface area (Å²) < 4.78 is 12.6. The SMILES string of the molecule is C=C(CC)c1cncc(F)c1.